The molecule has 1 aliphatic rings. The average Bonchev–Trinajstić information content (AvgIpc) is 2.58. The van der Waals surface area contributed by atoms with Gasteiger partial charge in [0.05, 0.1) is 5.41 Å². The number of carbonyl (C=O) groups is 2. The molecule has 0 radical (unpaired) electrons. The number of rotatable bonds is 4. The van der Waals surface area contributed by atoms with Crippen molar-refractivity contribution < 1.29 is 18.7 Å². The van der Waals surface area contributed by atoms with Gasteiger partial charge in [0.15, 0.2) is 0 Å². The first-order chi connectivity index (χ1) is 12.5. The molecule has 1 aromatic rings. The molecule has 1 heterocycles. The maximum absolute atomic E-state index is 13.1. The molecular weight excluding hydrogens is 347 g/mol. The van der Waals surface area contributed by atoms with Crippen LogP contribution in [0.3, 0.4) is 0 Å². The normalized spacial score (nSPS) is 18.1. The van der Waals surface area contributed by atoms with Crippen LogP contribution < -0.4 is 5.32 Å². The molecule has 1 fully saturated rings. The Morgan fingerprint density at radius 2 is 1.81 bits per heavy atom. The van der Waals surface area contributed by atoms with Crippen molar-refractivity contribution in [1.82, 2.24) is 10.2 Å². The Labute approximate surface area is 161 Å². The summed E-state index contributed by atoms with van der Waals surface area (Å²) in [6.45, 7) is 11.0. The summed E-state index contributed by atoms with van der Waals surface area (Å²) < 4.78 is 18.6. The Hall–Kier alpha value is -2.11. The smallest absolute Gasteiger partial charge is 0.410 e. The lowest BCUT2D eigenvalue weighted by Crippen LogP contribution is -2.47. The van der Waals surface area contributed by atoms with Crippen molar-refractivity contribution in [2.24, 2.45) is 5.92 Å². The van der Waals surface area contributed by atoms with E-state index in [0.29, 0.717) is 19.6 Å². The summed E-state index contributed by atoms with van der Waals surface area (Å²) >= 11 is 0. The van der Waals surface area contributed by atoms with Gasteiger partial charge >= 0.3 is 6.09 Å². The molecule has 0 aromatic heterocycles. The number of amides is 2. The van der Waals surface area contributed by atoms with E-state index >= 15 is 0 Å². The van der Waals surface area contributed by atoms with E-state index in [0.717, 1.165) is 18.4 Å². The van der Waals surface area contributed by atoms with Crippen molar-refractivity contribution in [3.05, 3.63) is 35.6 Å². The van der Waals surface area contributed by atoms with Crippen molar-refractivity contribution >= 4 is 12.0 Å². The fourth-order valence-electron chi connectivity index (χ4n) is 3.18. The van der Waals surface area contributed by atoms with Crippen LogP contribution in [-0.2, 0) is 14.9 Å². The Morgan fingerprint density at radius 1 is 1.19 bits per heavy atom. The lowest BCUT2D eigenvalue weighted by molar-refractivity contribution is -0.125. The van der Waals surface area contributed by atoms with Gasteiger partial charge in [-0.2, -0.15) is 0 Å². The molecule has 1 saturated heterocycles. The fraction of sp³-hybridized carbons (Fsp3) is 0.619. The summed E-state index contributed by atoms with van der Waals surface area (Å²) in [7, 11) is 0. The van der Waals surface area contributed by atoms with Gasteiger partial charge in [-0.3, -0.25) is 4.79 Å². The number of ether oxygens (including phenoxy) is 1. The minimum absolute atomic E-state index is 0.108. The van der Waals surface area contributed by atoms with Crippen LogP contribution in [0.25, 0.3) is 0 Å². The van der Waals surface area contributed by atoms with Gasteiger partial charge in [0.25, 0.3) is 0 Å². The quantitative estimate of drug-likeness (QED) is 0.865. The summed E-state index contributed by atoms with van der Waals surface area (Å²) in [5, 5.41) is 3.00. The molecule has 0 bridgehead atoms. The summed E-state index contributed by atoms with van der Waals surface area (Å²) in [6, 6.07) is 6.01. The second kappa shape index (κ2) is 8.28. The maximum atomic E-state index is 13.1. The molecule has 5 nitrogen and oxygen atoms in total. The first kappa shape index (κ1) is 21.2. The van der Waals surface area contributed by atoms with Crippen LogP contribution in [-0.4, -0.2) is 42.1 Å². The van der Waals surface area contributed by atoms with E-state index in [-0.39, 0.29) is 23.7 Å². The number of nitrogens with one attached hydrogen (secondary N) is 1. The third-order valence-corrected chi connectivity index (χ3v) is 4.86. The summed E-state index contributed by atoms with van der Waals surface area (Å²) in [4.78, 5) is 26.7. The highest BCUT2D eigenvalue weighted by atomic mass is 19.1. The van der Waals surface area contributed by atoms with Gasteiger partial charge in [-0.05, 0) is 71.1 Å². The molecule has 1 unspecified atom stereocenters. The molecule has 0 spiro atoms. The number of hydrogen-bond donors (Lipinski definition) is 1. The second-order valence-electron chi connectivity index (χ2n) is 8.78. The van der Waals surface area contributed by atoms with Crippen LogP contribution in [0.5, 0.6) is 0 Å². The van der Waals surface area contributed by atoms with Crippen LogP contribution in [0.15, 0.2) is 24.3 Å². The summed E-state index contributed by atoms with van der Waals surface area (Å²) in [5.74, 6) is -0.234. The minimum Gasteiger partial charge on any atom is -0.444 e. The zero-order valence-electron chi connectivity index (χ0n) is 17.0. The van der Waals surface area contributed by atoms with Crippen LogP contribution >= 0.6 is 0 Å². The molecule has 150 valence electrons. The Morgan fingerprint density at radius 3 is 2.41 bits per heavy atom. The van der Waals surface area contributed by atoms with E-state index in [2.05, 4.69) is 5.32 Å². The Balaban J connectivity index is 1.90. The summed E-state index contributed by atoms with van der Waals surface area (Å²) in [5.41, 5.74) is -0.509. The van der Waals surface area contributed by atoms with Crippen molar-refractivity contribution in [2.75, 3.05) is 19.6 Å². The molecule has 1 aliphatic heterocycles. The van der Waals surface area contributed by atoms with Gasteiger partial charge in [0, 0.05) is 19.6 Å². The number of likely N-dealkylation sites (tertiary alicyclic amines) is 1. The van der Waals surface area contributed by atoms with E-state index in [9.17, 15) is 14.0 Å². The molecule has 1 N–H and O–H groups in total. The molecule has 0 aliphatic carbocycles. The highest BCUT2D eigenvalue weighted by Crippen LogP contribution is 2.24. The first-order valence-corrected chi connectivity index (χ1v) is 9.51. The predicted molar refractivity (Wildman–Crippen MR) is 103 cm³/mol. The highest BCUT2D eigenvalue weighted by Gasteiger charge is 2.32. The Kier molecular flexibility index (Phi) is 6.50. The standard InChI is InChI=1S/C21H31FN2O3/c1-20(2,3)27-19(26)24-12-6-7-15(14-24)13-23-18(25)21(4,5)16-8-10-17(22)11-9-16/h8-11,15H,6-7,12-14H2,1-5H3,(H,23,25). The SMILES string of the molecule is CC(C)(C)OC(=O)N1CCCC(CNC(=O)C(C)(C)c2ccc(F)cc2)C1. The number of carbonyl (C=O) groups excluding carboxylic acids is 2. The van der Waals surface area contributed by atoms with Crippen molar-refractivity contribution in [3.63, 3.8) is 0 Å². The van der Waals surface area contributed by atoms with E-state index in [1.807, 2.05) is 34.6 Å². The van der Waals surface area contributed by atoms with Gasteiger partial charge < -0.3 is 15.0 Å². The Bertz CT molecular complexity index is 665. The number of hydrogen-bond acceptors (Lipinski definition) is 3. The first-order valence-electron chi connectivity index (χ1n) is 9.51. The zero-order valence-corrected chi connectivity index (χ0v) is 17.0. The maximum Gasteiger partial charge on any atom is 0.410 e. The number of nitrogens with zero attached hydrogens (tertiary/aromatic N) is 1. The molecule has 27 heavy (non-hydrogen) atoms. The topological polar surface area (TPSA) is 58.6 Å². The van der Waals surface area contributed by atoms with Gasteiger partial charge in [0.2, 0.25) is 5.91 Å². The van der Waals surface area contributed by atoms with Crippen LogP contribution in [0.1, 0.15) is 53.0 Å². The largest absolute Gasteiger partial charge is 0.444 e. The molecule has 2 amide bonds. The molecule has 2 rings (SSSR count). The minimum atomic E-state index is -0.757. The van der Waals surface area contributed by atoms with E-state index in [1.165, 1.54) is 12.1 Å². The van der Waals surface area contributed by atoms with Crippen molar-refractivity contribution in [2.45, 2.75) is 58.5 Å². The third-order valence-electron chi connectivity index (χ3n) is 4.86. The van der Waals surface area contributed by atoms with E-state index in [1.54, 1.807) is 17.0 Å². The van der Waals surface area contributed by atoms with Crippen LogP contribution in [0.2, 0.25) is 0 Å². The van der Waals surface area contributed by atoms with Gasteiger partial charge in [-0.15, -0.1) is 0 Å². The average molecular weight is 378 g/mol. The molecular formula is C21H31FN2O3. The number of halogens is 1. The monoisotopic (exact) mass is 378 g/mol. The highest BCUT2D eigenvalue weighted by molar-refractivity contribution is 5.87. The fourth-order valence-corrected chi connectivity index (χ4v) is 3.18. The summed E-state index contributed by atoms with van der Waals surface area (Å²) in [6.07, 6.45) is 1.54. The molecule has 1 atom stereocenters. The van der Waals surface area contributed by atoms with Crippen LogP contribution in [0.4, 0.5) is 9.18 Å². The molecule has 1 aromatic carbocycles. The van der Waals surface area contributed by atoms with Gasteiger partial charge in [0.1, 0.15) is 11.4 Å². The molecule has 0 saturated carbocycles. The zero-order chi connectivity index (χ0) is 20.2. The second-order valence-corrected chi connectivity index (χ2v) is 8.78. The number of benzene rings is 1. The van der Waals surface area contributed by atoms with Crippen molar-refractivity contribution in [1.29, 1.82) is 0 Å². The van der Waals surface area contributed by atoms with Gasteiger partial charge in [-0.1, -0.05) is 12.1 Å². The van der Waals surface area contributed by atoms with Gasteiger partial charge in [-0.25, -0.2) is 9.18 Å². The van der Waals surface area contributed by atoms with Crippen molar-refractivity contribution in [3.8, 4) is 0 Å². The number of piperidine rings is 1. The van der Waals surface area contributed by atoms with E-state index in [4.69, 9.17) is 4.74 Å². The van der Waals surface area contributed by atoms with E-state index < -0.39 is 11.0 Å². The lowest BCUT2D eigenvalue weighted by atomic mass is 9.83. The molecule has 6 heteroatoms. The lowest BCUT2D eigenvalue weighted by Gasteiger charge is -2.34. The third kappa shape index (κ3) is 5.94. The van der Waals surface area contributed by atoms with Crippen LogP contribution in [0, 0.1) is 11.7 Å². The predicted octanol–water partition coefficient (Wildman–Crippen LogP) is 3.87.